The van der Waals surface area contributed by atoms with E-state index in [1.165, 1.54) is 12.1 Å². The van der Waals surface area contributed by atoms with Crippen molar-refractivity contribution in [2.24, 2.45) is 5.73 Å². The van der Waals surface area contributed by atoms with Crippen LogP contribution in [0.25, 0.3) is 0 Å². The summed E-state index contributed by atoms with van der Waals surface area (Å²) >= 11 is 0. The van der Waals surface area contributed by atoms with Gasteiger partial charge in [-0.2, -0.15) is 13.2 Å². The highest BCUT2D eigenvalue weighted by molar-refractivity contribution is 5.87. The molecule has 0 bridgehead atoms. The Kier molecular flexibility index (Phi) is 7.77. The molecule has 0 aliphatic carbocycles. The third kappa shape index (κ3) is 5.38. The molecular weight excluding hydrogens is 341 g/mol. The van der Waals surface area contributed by atoms with Crippen LogP contribution in [0, 0.1) is 0 Å². The molecule has 0 fully saturated rings. The van der Waals surface area contributed by atoms with E-state index in [9.17, 15) is 18.0 Å². The lowest BCUT2D eigenvalue weighted by Crippen LogP contribution is -2.52. The number of carbonyl (C=O) groups excluding carboxylic acids is 1. The zero-order valence-electron chi connectivity index (χ0n) is 14.5. The van der Waals surface area contributed by atoms with E-state index < -0.39 is 22.7 Å². The van der Waals surface area contributed by atoms with Crippen LogP contribution in [0.3, 0.4) is 0 Å². The Bertz CT molecular complexity index is 555. The molecule has 0 saturated carbocycles. The molecule has 0 saturated heterocycles. The first-order valence-electron chi connectivity index (χ1n) is 7.71. The highest BCUT2D eigenvalue weighted by Crippen LogP contribution is 2.33. The van der Waals surface area contributed by atoms with Crippen LogP contribution in [0.2, 0.25) is 0 Å². The summed E-state index contributed by atoms with van der Waals surface area (Å²) in [5, 5.41) is 2.78. The number of benzene rings is 1. The van der Waals surface area contributed by atoms with E-state index in [-0.39, 0.29) is 18.3 Å². The number of alkyl halides is 3. The summed E-state index contributed by atoms with van der Waals surface area (Å²) in [4.78, 5) is 12.5. The molecule has 24 heavy (non-hydrogen) atoms. The lowest BCUT2D eigenvalue weighted by Gasteiger charge is -2.30. The van der Waals surface area contributed by atoms with Gasteiger partial charge in [0.1, 0.15) is 0 Å². The highest BCUT2D eigenvalue weighted by Gasteiger charge is 2.35. The fourth-order valence-electron chi connectivity index (χ4n) is 2.19. The molecule has 1 aromatic rings. The molecule has 1 aromatic carbocycles. The van der Waals surface area contributed by atoms with Gasteiger partial charge in [-0.15, -0.1) is 12.4 Å². The quantitative estimate of drug-likeness (QED) is 0.798. The first-order valence-corrected chi connectivity index (χ1v) is 7.71. The first kappa shape index (κ1) is 22.7. The molecule has 7 heteroatoms. The fourth-order valence-corrected chi connectivity index (χ4v) is 2.19. The van der Waals surface area contributed by atoms with Crippen LogP contribution < -0.4 is 11.1 Å². The Hall–Kier alpha value is -1.27. The summed E-state index contributed by atoms with van der Waals surface area (Å²) < 4.78 is 38.5. The van der Waals surface area contributed by atoms with Crippen molar-refractivity contribution in [1.29, 1.82) is 0 Å². The lowest BCUT2D eigenvalue weighted by atomic mass is 9.82. The average molecular weight is 367 g/mol. The van der Waals surface area contributed by atoms with Crippen molar-refractivity contribution < 1.29 is 18.0 Å². The van der Waals surface area contributed by atoms with Crippen LogP contribution in [-0.4, -0.2) is 18.0 Å². The molecule has 3 N–H and O–H groups in total. The van der Waals surface area contributed by atoms with E-state index in [2.05, 4.69) is 5.32 Å². The van der Waals surface area contributed by atoms with Gasteiger partial charge < -0.3 is 11.1 Å². The summed E-state index contributed by atoms with van der Waals surface area (Å²) in [6.45, 7) is 7.38. The van der Waals surface area contributed by atoms with Crippen molar-refractivity contribution in [2.45, 2.75) is 57.7 Å². The zero-order chi connectivity index (χ0) is 17.9. The van der Waals surface area contributed by atoms with Gasteiger partial charge in [0.25, 0.3) is 0 Å². The van der Waals surface area contributed by atoms with Crippen molar-refractivity contribution in [3.05, 3.63) is 35.4 Å². The molecule has 1 amide bonds. The van der Waals surface area contributed by atoms with E-state index in [0.29, 0.717) is 24.9 Å². The predicted molar refractivity (Wildman–Crippen MR) is 92.2 cm³/mol. The molecule has 0 aliphatic rings. The average Bonchev–Trinajstić information content (AvgIpc) is 2.51. The summed E-state index contributed by atoms with van der Waals surface area (Å²) in [5.74, 6) is -0.339. The van der Waals surface area contributed by atoms with Gasteiger partial charge in [-0.3, -0.25) is 4.79 Å². The molecule has 0 heterocycles. The van der Waals surface area contributed by atoms with Crippen LogP contribution >= 0.6 is 12.4 Å². The Morgan fingerprint density at radius 1 is 1.12 bits per heavy atom. The Balaban J connectivity index is 0.00000529. The molecule has 0 unspecified atom stereocenters. The van der Waals surface area contributed by atoms with Gasteiger partial charge >= 0.3 is 6.18 Å². The number of nitrogens with one attached hydrogen (secondary N) is 1. The van der Waals surface area contributed by atoms with Crippen LogP contribution in [0.15, 0.2) is 24.3 Å². The normalized spacial score (nSPS) is 12.5. The van der Waals surface area contributed by atoms with Gasteiger partial charge in [0, 0.05) is 12.1 Å². The van der Waals surface area contributed by atoms with Gasteiger partial charge in [-0.1, -0.05) is 32.0 Å². The number of carbonyl (C=O) groups is 1. The van der Waals surface area contributed by atoms with Gasteiger partial charge in [0.15, 0.2) is 0 Å². The van der Waals surface area contributed by atoms with Crippen LogP contribution in [0.1, 0.15) is 51.7 Å². The molecule has 0 aromatic heterocycles. The maximum absolute atomic E-state index is 12.8. The van der Waals surface area contributed by atoms with E-state index in [1.807, 2.05) is 13.8 Å². The Morgan fingerprint density at radius 2 is 1.62 bits per heavy atom. The smallest absolute Gasteiger partial charge is 0.354 e. The summed E-state index contributed by atoms with van der Waals surface area (Å²) in [6, 6.07) is 4.87. The second-order valence-corrected chi connectivity index (χ2v) is 6.46. The predicted octanol–water partition coefficient (Wildman–Crippen LogP) is 4.04. The van der Waals surface area contributed by atoms with Gasteiger partial charge in [-0.05, 0) is 38.3 Å². The third-order valence-corrected chi connectivity index (χ3v) is 4.49. The monoisotopic (exact) mass is 366 g/mol. The standard InChI is InChI=1S/C17H25F3N2O.ClH/c1-5-16(21,6-2)11-22-14(23)15(3,4)12-8-7-9-13(10-12)17(18,19)20;/h7-10H,5-6,11,21H2,1-4H3,(H,22,23);1H. The minimum absolute atomic E-state index is 0. The van der Waals surface area contributed by atoms with Crippen LogP contribution in [-0.2, 0) is 16.4 Å². The topological polar surface area (TPSA) is 55.1 Å². The van der Waals surface area contributed by atoms with Crippen molar-refractivity contribution in [3.8, 4) is 0 Å². The van der Waals surface area contributed by atoms with Crippen molar-refractivity contribution in [3.63, 3.8) is 0 Å². The van der Waals surface area contributed by atoms with Crippen LogP contribution in [0.4, 0.5) is 13.2 Å². The van der Waals surface area contributed by atoms with E-state index in [4.69, 9.17) is 5.73 Å². The Labute approximate surface area is 147 Å². The van der Waals surface area contributed by atoms with Crippen molar-refractivity contribution in [1.82, 2.24) is 5.32 Å². The van der Waals surface area contributed by atoms with E-state index in [0.717, 1.165) is 12.1 Å². The first-order chi connectivity index (χ1) is 10.5. The molecular formula is C17H26ClF3N2O. The molecule has 1 rings (SSSR count). The lowest BCUT2D eigenvalue weighted by molar-refractivity contribution is -0.138. The number of rotatable bonds is 6. The molecule has 3 nitrogen and oxygen atoms in total. The van der Waals surface area contributed by atoms with Gasteiger partial charge in [0.05, 0.1) is 11.0 Å². The number of hydrogen-bond donors (Lipinski definition) is 2. The molecule has 0 radical (unpaired) electrons. The van der Waals surface area contributed by atoms with Crippen molar-refractivity contribution >= 4 is 18.3 Å². The second-order valence-electron chi connectivity index (χ2n) is 6.46. The van der Waals surface area contributed by atoms with Gasteiger partial charge in [0.2, 0.25) is 5.91 Å². The maximum Gasteiger partial charge on any atom is 0.416 e. The van der Waals surface area contributed by atoms with E-state index in [1.54, 1.807) is 13.8 Å². The summed E-state index contributed by atoms with van der Waals surface area (Å²) in [5.41, 5.74) is 4.13. The second kappa shape index (κ2) is 8.21. The molecule has 0 aliphatic heterocycles. The molecule has 0 spiro atoms. The number of halogens is 4. The SMILES string of the molecule is CCC(N)(CC)CNC(=O)C(C)(C)c1cccc(C(F)(F)F)c1.Cl. The number of amides is 1. The Morgan fingerprint density at radius 3 is 2.08 bits per heavy atom. The van der Waals surface area contributed by atoms with Crippen molar-refractivity contribution in [2.75, 3.05) is 6.54 Å². The largest absolute Gasteiger partial charge is 0.416 e. The minimum atomic E-state index is -4.43. The summed E-state index contributed by atoms with van der Waals surface area (Å²) in [7, 11) is 0. The third-order valence-electron chi connectivity index (χ3n) is 4.49. The minimum Gasteiger partial charge on any atom is -0.354 e. The molecule has 138 valence electrons. The van der Waals surface area contributed by atoms with E-state index >= 15 is 0 Å². The fraction of sp³-hybridized carbons (Fsp3) is 0.588. The zero-order valence-corrected chi connectivity index (χ0v) is 15.3. The van der Waals surface area contributed by atoms with Crippen LogP contribution in [0.5, 0.6) is 0 Å². The number of hydrogen-bond acceptors (Lipinski definition) is 2. The molecule has 0 atom stereocenters. The highest BCUT2D eigenvalue weighted by atomic mass is 35.5. The summed E-state index contributed by atoms with van der Waals surface area (Å²) in [6.07, 6.45) is -3.03. The maximum atomic E-state index is 12.8. The van der Waals surface area contributed by atoms with Gasteiger partial charge in [-0.25, -0.2) is 0 Å². The number of nitrogens with two attached hydrogens (primary N) is 1.